The highest BCUT2D eigenvalue weighted by Gasteiger charge is 2.24. The van der Waals surface area contributed by atoms with Gasteiger partial charge in [0.05, 0.1) is 5.25 Å². The lowest BCUT2D eigenvalue weighted by Crippen LogP contribution is -2.36. The normalized spacial score (nSPS) is 12.0. The van der Waals surface area contributed by atoms with E-state index in [1.54, 1.807) is 9.47 Å². The molecular weight excluding hydrogens is 338 g/mol. The molecule has 2 rings (SSSR count). The van der Waals surface area contributed by atoms with E-state index in [2.05, 4.69) is 10.2 Å². The van der Waals surface area contributed by atoms with Gasteiger partial charge in [-0.25, -0.2) is 0 Å². The number of aryl methyl sites for hydroxylation is 1. The highest BCUT2D eigenvalue weighted by molar-refractivity contribution is 8.00. The highest BCUT2D eigenvalue weighted by atomic mass is 32.2. The molecule has 134 valence electrons. The van der Waals surface area contributed by atoms with Gasteiger partial charge in [-0.3, -0.25) is 9.59 Å². The molecule has 2 aromatic rings. The molecular formula is C17H23N5O2S. The number of thioether (sulfide) groups is 1. The van der Waals surface area contributed by atoms with Gasteiger partial charge >= 0.3 is 0 Å². The maximum atomic E-state index is 12.8. The third-order valence-electron chi connectivity index (χ3n) is 3.80. The molecule has 2 N–H and O–H groups in total. The number of hydrogen-bond acceptors (Lipinski definition) is 5. The van der Waals surface area contributed by atoms with Crippen LogP contribution in [0.3, 0.4) is 0 Å². The van der Waals surface area contributed by atoms with Crippen LogP contribution in [0.1, 0.15) is 26.1 Å². The molecule has 25 heavy (non-hydrogen) atoms. The average Bonchev–Trinajstić information content (AvgIpc) is 2.94. The summed E-state index contributed by atoms with van der Waals surface area (Å²) in [5, 5.41) is 8.54. The molecule has 8 heteroatoms. The van der Waals surface area contributed by atoms with Crippen LogP contribution in [0.5, 0.6) is 0 Å². The molecule has 2 amide bonds. The fourth-order valence-electron chi connectivity index (χ4n) is 2.40. The Hall–Kier alpha value is -2.35. The average molecular weight is 361 g/mol. The molecule has 7 nitrogen and oxygen atoms in total. The third kappa shape index (κ3) is 4.82. The van der Waals surface area contributed by atoms with Gasteiger partial charge in [0.2, 0.25) is 11.8 Å². The maximum absolute atomic E-state index is 12.8. The van der Waals surface area contributed by atoms with E-state index in [0.717, 1.165) is 5.69 Å². The van der Waals surface area contributed by atoms with E-state index in [0.29, 0.717) is 23.9 Å². The smallest absolute Gasteiger partial charge is 0.240 e. The zero-order valence-electron chi connectivity index (χ0n) is 14.7. The molecule has 1 atom stereocenters. The minimum absolute atomic E-state index is 0.0142. The van der Waals surface area contributed by atoms with Crippen LogP contribution in [-0.4, -0.2) is 38.4 Å². The number of aromatic nitrogens is 3. The Morgan fingerprint density at radius 3 is 2.56 bits per heavy atom. The predicted molar refractivity (Wildman–Crippen MR) is 98.3 cm³/mol. The van der Waals surface area contributed by atoms with Gasteiger partial charge in [0.25, 0.3) is 0 Å². The summed E-state index contributed by atoms with van der Waals surface area (Å²) in [4.78, 5) is 25.5. The minimum Gasteiger partial charge on any atom is -0.370 e. The van der Waals surface area contributed by atoms with E-state index in [4.69, 9.17) is 5.73 Å². The Morgan fingerprint density at radius 1 is 1.28 bits per heavy atom. The van der Waals surface area contributed by atoms with Crippen LogP contribution >= 0.6 is 11.8 Å². The summed E-state index contributed by atoms with van der Waals surface area (Å²) < 4.78 is 1.80. The Morgan fingerprint density at radius 2 is 1.96 bits per heavy atom. The van der Waals surface area contributed by atoms with Gasteiger partial charge in [-0.05, 0) is 26.0 Å². The molecule has 1 heterocycles. The first-order valence-corrected chi connectivity index (χ1v) is 9.01. The van der Waals surface area contributed by atoms with Crippen LogP contribution in [0.4, 0.5) is 5.69 Å². The summed E-state index contributed by atoms with van der Waals surface area (Å²) in [6.45, 7) is 4.40. The number of rotatable bonds is 8. The number of primary amides is 1. The zero-order valence-corrected chi connectivity index (χ0v) is 15.5. The SMILES string of the molecule is CCN(C(=O)[C@H](C)Sc1nnc(CCC(N)=O)n1C)c1ccccc1. The molecule has 0 saturated carbocycles. The van der Waals surface area contributed by atoms with Crippen LogP contribution in [0.2, 0.25) is 0 Å². The fraction of sp³-hybridized carbons (Fsp3) is 0.412. The molecule has 0 aliphatic rings. The summed E-state index contributed by atoms with van der Waals surface area (Å²) in [6, 6.07) is 9.59. The Bertz CT molecular complexity index is 732. The van der Waals surface area contributed by atoms with Crippen molar-refractivity contribution in [1.82, 2.24) is 14.8 Å². The van der Waals surface area contributed by atoms with Crippen molar-refractivity contribution in [3.63, 3.8) is 0 Å². The van der Waals surface area contributed by atoms with Crippen LogP contribution < -0.4 is 10.6 Å². The summed E-state index contributed by atoms with van der Waals surface area (Å²) in [5.41, 5.74) is 6.05. The molecule has 0 radical (unpaired) electrons. The number of carbonyl (C=O) groups is 2. The topological polar surface area (TPSA) is 94.1 Å². The van der Waals surface area contributed by atoms with Crippen molar-refractivity contribution < 1.29 is 9.59 Å². The minimum atomic E-state index is -0.373. The fourth-order valence-corrected chi connectivity index (χ4v) is 3.30. The number of anilines is 1. The van der Waals surface area contributed by atoms with E-state index >= 15 is 0 Å². The monoisotopic (exact) mass is 361 g/mol. The van der Waals surface area contributed by atoms with Crippen molar-refractivity contribution in [2.24, 2.45) is 12.8 Å². The first-order chi connectivity index (χ1) is 11.9. The molecule has 0 aliphatic heterocycles. The van der Waals surface area contributed by atoms with Crippen molar-refractivity contribution in [1.29, 1.82) is 0 Å². The Kier molecular flexibility index (Phi) is 6.58. The molecule has 0 bridgehead atoms. The quantitative estimate of drug-likeness (QED) is 0.723. The van der Waals surface area contributed by atoms with Gasteiger partial charge in [0.15, 0.2) is 5.16 Å². The molecule has 0 aliphatic carbocycles. The number of nitrogens with two attached hydrogens (primary N) is 1. The van der Waals surface area contributed by atoms with E-state index in [-0.39, 0.29) is 23.5 Å². The van der Waals surface area contributed by atoms with Crippen LogP contribution in [0, 0.1) is 0 Å². The van der Waals surface area contributed by atoms with Gasteiger partial charge in [-0.2, -0.15) is 0 Å². The molecule has 0 fully saturated rings. The van der Waals surface area contributed by atoms with Crippen LogP contribution in [-0.2, 0) is 23.1 Å². The van der Waals surface area contributed by atoms with Gasteiger partial charge < -0.3 is 15.2 Å². The van der Waals surface area contributed by atoms with E-state index in [1.807, 2.05) is 51.2 Å². The lowest BCUT2D eigenvalue weighted by atomic mass is 10.2. The van der Waals surface area contributed by atoms with E-state index in [1.165, 1.54) is 11.8 Å². The number of carbonyl (C=O) groups excluding carboxylic acids is 2. The predicted octanol–water partition coefficient (Wildman–Crippen LogP) is 1.77. The Labute approximate surface area is 151 Å². The van der Waals surface area contributed by atoms with Gasteiger partial charge in [0, 0.05) is 32.1 Å². The van der Waals surface area contributed by atoms with Crippen molar-refractivity contribution in [2.45, 2.75) is 37.1 Å². The highest BCUT2D eigenvalue weighted by Crippen LogP contribution is 2.25. The summed E-state index contributed by atoms with van der Waals surface area (Å²) in [7, 11) is 1.82. The second-order valence-corrected chi connectivity index (χ2v) is 6.91. The molecule has 0 unspecified atom stereocenters. The second kappa shape index (κ2) is 8.66. The first kappa shape index (κ1) is 19.0. The van der Waals surface area contributed by atoms with Crippen molar-refractivity contribution in [3.05, 3.63) is 36.2 Å². The molecule has 0 spiro atoms. The lowest BCUT2D eigenvalue weighted by Gasteiger charge is -2.24. The van der Waals surface area contributed by atoms with Crippen LogP contribution in [0.25, 0.3) is 0 Å². The van der Waals surface area contributed by atoms with Crippen molar-refractivity contribution in [2.75, 3.05) is 11.4 Å². The Balaban J connectivity index is 2.07. The van der Waals surface area contributed by atoms with E-state index in [9.17, 15) is 9.59 Å². The van der Waals surface area contributed by atoms with Crippen LogP contribution in [0.15, 0.2) is 35.5 Å². The van der Waals surface area contributed by atoms with Crippen molar-refractivity contribution >= 4 is 29.3 Å². The summed E-state index contributed by atoms with van der Waals surface area (Å²) in [6.07, 6.45) is 0.662. The van der Waals surface area contributed by atoms with Crippen molar-refractivity contribution in [3.8, 4) is 0 Å². The largest absolute Gasteiger partial charge is 0.370 e. The number of benzene rings is 1. The number of para-hydroxylation sites is 1. The number of nitrogens with zero attached hydrogens (tertiary/aromatic N) is 4. The molecule has 1 aromatic heterocycles. The maximum Gasteiger partial charge on any atom is 0.240 e. The lowest BCUT2D eigenvalue weighted by molar-refractivity contribution is -0.118. The van der Waals surface area contributed by atoms with Gasteiger partial charge in [0.1, 0.15) is 5.82 Å². The molecule has 1 aromatic carbocycles. The summed E-state index contributed by atoms with van der Waals surface area (Å²) in [5.74, 6) is 0.318. The van der Waals surface area contributed by atoms with Gasteiger partial charge in [-0.15, -0.1) is 10.2 Å². The first-order valence-electron chi connectivity index (χ1n) is 8.13. The standard InChI is InChI=1S/C17H23N5O2S/c1-4-22(13-8-6-5-7-9-13)16(24)12(2)25-17-20-19-15(21(17)3)11-10-14(18)23/h5-9,12H,4,10-11H2,1-3H3,(H2,18,23)/t12-/m0/s1. The van der Waals surface area contributed by atoms with Gasteiger partial charge in [-0.1, -0.05) is 30.0 Å². The zero-order chi connectivity index (χ0) is 18.4. The number of hydrogen-bond donors (Lipinski definition) is 1. The second-order valence-electron chi connectivity index (χ2n) is 5.60. The third-order valence-corrected chi connectivity index (χ3v) is 4.92. The molecule has 0 saturated heterocycles. The summed E-state index contributed by atoms with van der Waals surface area (Å²) >= 11 is 1.35. The van der Waals surface area contributed by atoms with E-state index < -0.39 is 0 Å². The number of amides is 2.